The van der Waals surface area contributed by atoms with Gasteiger partial charge in [-0.15, -0.1) is 0 Å². The maximum Gasteiger partial charge on any atom is 0.327 e. The van der Waals surface area contributed by atoms with Crippen molar-refractivity contribution in [1.82, 2.24) is 10.6 Å². The number of carbonyl (C=O) groups is 8. The second kappa shape index (κ2) is 20.0. The lowest BCUT2D eigenvalue weighted by Crippen LogP contribution is -2.46. The van der Waals surface area contributed by atoms with Crippen LogP contribution < -0.4 is 16.4 Å². The molecule has 0 aliphatic rings. The number of carboxylic acids is 3. The molecule has 0 bridgehead atoms. The summed E-state index contributed by atoms with van der Waals surface area (Å²) >= 11 is 3.82. The van der Waals surface area contributed by atoms with Crippen molar-refractivity contribution >= 4 is 59.7 Å². The van der Waals surface area contributed by atoms with Gasteiger partial charge in [-0.1, -0.05) is 30.3 Å². The van der Waals surface area contributed by atoms with E-state index >= 15 is 0 Å². The van der Waals surface area contributed by atoms with Gasteiger partial charge in [0.25, 0.3) is 0 Å². The van der Waals surface area contributed by atoms with Gasteiger partial charge in [-0.3, -0.25) is 33.6 Å². The molecule has 0 aliphatic carbocycles. The van der Waals surface area contributed by atoms with Gasteiger partial charge in [0, 0.05) is 50.0 Å². The molecule has 1 aromatic carbocycles. The van der Waals surface area contributed by atoms with E-state index in [1.165, 1.54) is 0 Å². The van der Waals surface area contributed by atoms with Crippen molar-refractivity contribution in [2.45, 2.75) is 69.9 Å². The van der Waals surface area contributed by atoms with Gasteiger partial charge in [-0.25, -0.2) is 4.79 Å². The molecule has 4 atom stereocenters. The van der Waals surface area contributed by atoms with E-state index in [9.17, 15) is 43.5 Å². The Hall–Kier alpha value is -4.11. The molecule has 7 N–H and O–H groups in total. The molecular formula is C29H39N3O11S. The number of rotatable bonds is 23. The number of carbonyl (C=O) groups excluding carboxylic acids is 5. The summed E-state index contributed by atoms with van der Waals surface area (Å²) in [5.41, 5.74) is 6.24. The minimum Gasteiger partial charge on any atom is -0.481 e. The average Bonchev–Trinajstić information content (AvgIpc) is 2.97. The molecule has 242 valence electrons. The summed E-state index contributed by atoms with van der Waals surface area (Å²) in [5.74, 6) is -9.14. The summed E-state index contributed by atoms with van der Waals surface area (Å²) in [6.45, 7) is 0.145. The van der Waals surface area contributed by atoms with E-state index < -0.39 is 72.3 Å². The van der Waals surface area contributed by atoms with Crippen LogP contribution >= 0.6 is 12.6 Å². The number of ketones is 3. The van der Waals surface area contributed by atoms with Crippen LogP contribution in [0.25, 0.3) is 0 Å². The third kappa shape index (κ3) is 14.9. The topological polar surface area (TPSA) is 247 Å². The highest BCUT2D eigenvalue weighted by Gasteiger charge is 2.30. The molecule has 1 aromatic rings. The van der Waals surface area contributed by atoms with Crippen molar-refractivity contribution in [3.05, 3.63) is 35.9 Å². The zero-order valence-electron chi connectivity index (χ0n) is 24.1. The molecule has 2 amide bonds. The first-order valence-corrected chi connectivity index (χ1v) is 14.6. The number of carboxylic acid groups (broad SMARTS) is 3. The van der Waals surface area contributed by atoms with Crippen LogP contribution in [0.15, 0.2) is 30.3 Å². The molecule has 0 saturated heterocycles. The van der Waals surface area contributed by atoms with E-state index in [-0.39, 0.29) is 68.8 Å². The number of benzene rings is 1. The second-order valence-corrected chi connectivity index (χ2v) is 10.6. The smallest absolute Gasteiger partial charge is 0.327 e. The molecule has 0 spiro atoms. The van der Waals surface area contributed by atoms with Crippen molar-refractivity contribution in [3.63, 3.8) is 0 Å². The summed E-state index contributed by atoms with van der Waals surface area (Å²) < 4.78 is 0. The highest BCUT2D eigenvalue weighted by Crippen LogP contribution is 2.17. The van der Waals surface area contributed by atoms with Gasteiger partial charge in [-0.05, 0) is 19.3 Å². The van der Waals surface area contributed by atoms with Crippen LogP contribution in [0.4, 0.5) is 0 Å². The van der Waals surface area contributed by atoms with E-state index in [0.717, 1.165) is 0 Å². The summed E-state index contributed by atoms with van der Waals surface area (Å²) in [6.07, 6.45) is -1.45. The van der Waals surface area contributed by atoms with Crippen molar-refractivity contribution in [3.8, 4) is 0 Å². The lowest BCUT2D eigenvalue weighted by atomic mass is 9.92. The van der Waals surface area contributed by atoms with Gasteiger partial charge >= 0.3 is 17.9 Å². The number of nitrogens with two attached hydrogens (primary N) is 1. The van der Waals surface area contributed by atoms with E-state index in [4.69, 9.17) is 15.9 Å². The van der Waals surface area contributed by atoms with Crippen molar-refractivity contribution in [2.75, 3.05) is 12.3 Å². The number of aliphatic carboxylic acids is 3. The SMILES string of the molecule is N[C@@H](CCC(=O)CCCNC(=O)CC[C@H](CC(=O)c1ccccc1)C(=O)O)C(=O)C[C@@H](CC(=O)O)C(=O)N[C@@H](CS)C(=O)O. The Kier molecular flexibility index (Phi) is 17.2. The molecule has 0 heterocycles. The third-order valence-corrected chi connectivity index (χ3v) is 7.10. The number of amides is 2. The minimum absolute atomic E-state index is 0.0328. The van der Waals surface area contributed by atoms with E-state index in [0.29, 0.717) is 5.56 Å². The first-order valence-electron chi connectivity index (χ1n) is 14.0. The van der Waals surface area contributed by atoms with Crippen LogP contribution in [0.3, 0.4) is 0 Å². The van der Waals surface area contributed by atoms with Crippen LogP contribution in [0.5, 0.6) is 0 Å². The van der Waals surface area contributed by atoms with E-state index in [1.807, 2.05) is 0 Å². The van der Waals surface area contributed by atoms with Crippen LogP contribution in [0.1, 0.15) is 68.1 Å². The molecular weight excluding hydrogens is 598 g/mol. The van der Waals surface area contributed by atoms with E-state index in [1.54, 1.807) is 30.3 Å². The molecule has 44 heavy (non-hydrogen) atoms. The van der Waals surface area contributed by atoms with Gasteiger partial charge in [0.15, 0.2) is 5.78 Å². The molecule has 15 heteroatoms. The lowest BCUT2D eigenvalue weighted by Gasteiger charge is -2.19. The number of nitrogens with one attached hydrogen (secondary N) is 2. The molecule has 0 aromatic heterocycles. The maximum absolute atomic E-state index is 12.5. The van der Waals surface area contributed by atoms with Gasteiger partial charge in [-0.2, -0.15) is 12.6 Å². The first kappa shape index (κ1) is 37.9. The quantitative estimate of drug-likeness (QED) is 0.0502. The zero-order valence-corrected chi connectivity index (χ0v) is 25.0. The Labute approximate surface area is 259 Å². The van der Waals surface area contributed by atoms with Crippen molar-refractivity contribution < 1.29 is 53.7 Å². The van der Waals surface area contributed by atoms with Crippen molar-refractivity contribution in [1.29, 1.82) is 0 Å². The normalized spacial score (nSPS) is 13.5. The predicted molar refractivity (Wildman–Crippen MR) is 159 cm³/mol. The molecule has 0 fully saturated rings. The molecule has 0 aliphatic heterocycles. The number of hydrogen-bond donors (Lipinski definition) is 7. The number of hydrogen-bond acceptors (Lipinski definition) is 10. The van der Waals surface area contributed by atoms with Crippen LogP contribution in [0.2, 0.25) is 0 Å². The van der Waals surface area contributed by atoms with Gasteiger partial charge in [0.1, 0.15) is 17.6 Å². The Morgan fingerprint density at radius 1 is 0.795 bits per heavy atom. The standard InChI is InChI=1S/C29H39N3O11S/c30-21(24(35)14-19(15-26(37)38)27(39)32-22(16-44)29(42)43)10-9-20(33)7-4-12-31-25(36)11-8-18(28(40)41)13-23(34)17-5-2-1-3-6-17/h1-3,5-6,18-19,21-22,44H,4,7-16,30H2,(H,31,36)(H,32,39)(H,37,38)(H,40,41)(H,42,43)/t18-,19+,21+,22+/m1/s1. The Bertz CT molecular complexity index is 1190. The zero-order chi connectivity index (χ0) is 33.2. The first-order chi connectivity index (χ1) is 20.7. The monoisotopic (exact) mass is 637 g/mol. The summed E-state index contributed by atoms with van der Waals surface area (Å²) in [7, 11) is 0. The van der Waals surface area contributed by atoms with E-state index in [2.05, 4.69) is 23.3 Å². The van der Waals surface area contributed by atoms with Crippen LogP contribution in [-0.4, -0.2) is 86.8 Å². The fourth-order valence-corrected chi connectivity index (χ4v) is 4.37. The fraction of sp³-hybridized carbons (Fsp3) is 0.517. The van der Waals surface area contributed by atoms with Crippen molar-refractivity contribution in [2.24, 2.45) is 17.6 Å². The second-order valence-electron chi connectivity index (χ2n) is 10.3. The molecule has 0 radical (unpaired) electrons. The highest BCUT2D eigenvalue weighted by atomic mass is 32.1. The number of thiol groups is 1. The third-order valence-electron chi connectivity index (χ3n) is 6.74. The van der Waals surface area contributed by atoms with Crippen LogP contribution in [0, 0.1) is 11.8 Å². The minimum atomic E-state index is -1.37. The summed E-state index contributed by atoms with van der Waals surface area (Å²) in [4.78, 5) is 95.4. The fourth-order valence-electron chi connectivity index (χ4n) is 4.13. The number of Topliss-reactive ketones (excluding diaryl/α,β-unsaturated/α-hetero) is 3. The molecule has 1 rings (SSSR count). The predicted octanol–water partition coefficient (Wildman–Crippen LogP) is 0.863. The van der Waals surface area contributed by atoms with Gasteiger partial charge in [0.05, 0.1) is 24.3 Å². The van der Waals surface area contributed by atoms with Gasteiger partial charge < -0.3 is 31.7 Å². The molecule has 14 nitrogen and oxygen atoms in total. The Morgan fingerprint density at radius 2 is 1.45 bits per heavy atom. The van der Waals surface area contributed by atoms with Crippen LogP contribution in [-0.2, 0) is 33.6 Å². The van der Waals surface area contributed by atoms with Gasteiger partial charge in [0.2, 0.25) is 11.8 Å². The largest absolute Gasteiger partial charge is 0.481 e. The summed E-state index contributed by atoms with van der Waals surface area (Å²) in [6, 6.07) is 5.73. The average molecular weight is 638 g/mol. The lowest BCUT2D eigenvalue weighted by molar-refractivity contribution is -0.144. The highest BCUT2D eigenvalue weighted by molar-refractivity contribution is 7.80. The summed E-state index contributed by atoms with van der Waals surface area (Å²) in [5, 5.41) is 32.3. The Morgan fingerprint density at radius 3 is 2.02 bits per heavy atom. The maximum atomic E-state index is 12.5. The molecule has 0 saturated carbocycles. The molecule has 0 unspecified atom stereocenters. The Balaban J connectivity index is 2.41.